The van der Waals surface area contributed by atoms with E-state index in [0.717, 1.165) is 0 Å². The van der Waals surface area contributed by atoms with E-state index in [9.17, 15) is 10.1 Å². The molecule has 0 radical (unpaired) electrons. The van der Waals surface area contributed by atoms with Crippen LogP contribution in [0.5, 0.6) is 5.75 Å². The lowest BCUT2D eigenvalue weighted by Gasteiger charge is -2.05. The lowest BCUT2D eigenvalue weighted by molar-refractivity contribution is -0.383. The number of hydrogen-bond acceptors (Lipinski definition) is 4. The topological polar surface area (TPSA) is 65.3 Å². The number of ether oxygens (including phenoxy) is 1. The van der Waals surface area contributed by atoms with Gasteiger partial charge in [0, 0.05) is 12.3 Å². The first-order valence-electron chi connectivity index (χ1n) is 4.45. The first-order chi connectivity index (χ1) is 7.74. The van der Waals surface area contributed by atoms with Crippen molar-refractivity contribution in [2.45, 2.75) is 0 Å². The SMILES string of the molecule is O=[N+]([O-])c1ccc(OCCl)c2ncccc12. The second kappa shape index (κ2) is 4.32. The molecule has 2 aromatic rings. The van der Waals surface area contributed by atoms with Crippen LogP contribution in [0.3, 0.4) is 0 Å². The Morgan fingerprint density at radius 3 is 2.94 bits per heavy atom. The fraction of sp³-hybridized carbons (Fsp3) is 0.100. The number of nitrogens with zero attached hydrogens (tertiary/aromatic N) is 2. The molecule has 5 nitrogen and oxygen atoms in total. The van der Waals surface area contributed by atoms with Crippen molar-refractivity contribution in [2.24, 2.45) is 0 Å². The molecule has 0 aliphatic heterocycles. The van der Waals surface area contributed by atoms with Gasteiger partial charge >= 0.3 is 0 Å². The molecule has 0 amide bonds. The van der Waals surface area contributed by atoms with Crippen LogP contribution in [0.2, 0.25) is 0 Å². The molecular weight excluding hydrogens is 232 g/mol. The first-order valence-corrected chi connectivity index (χ1v) is 4.98. The van der Waals surface area contributed by atoms with Gasteiger partial charge in [-0.25, -0.2) is 0 Å². The average molecular weight is 239 g/mol. The van der Waals surface area contributed by atoms with Crippen LogP contribution in [0, 0.1) is 10.1 Å². The van der Waals surface area contributed by atoms with Gasteiger partial charge in [0.15, 0.2) is 6.07 Å². The molecule has 0 saturated heterocycles. The van der Waals surface area contributed by atoms with Gasteiger partial charge in [0.1, 0.15) is 11.3 Å². The molecule has 0 saturated carbocycles. The van der Waals surface area contributed by atoms with Crippen molar-refractivity contribution in [3.05, 3.63) is 40.6 Å². The maximum absolute atomic E-state index is 10.8. The fourth-order valence-corrected chi connectivity index (χ4v) is 1.58. The van der Waals surface area contributed by atoms with Crippen molar-refractivity contribution >= 4 is 28.2 Å². The maximum Gasteiger partial charge on any atom is 0.279 e. The molecule has 0 aliphatic carbocycles. The summed E-state index contributed by atoms with van der Waals surface area (Å²) in [7, 11) is 0. The average Bonchev–Trinajstić information content (AvgIpc) is 2.29. The van der Waals surface area contributed by atoms with Gasteiger partial charge in [0.25, 0.3) is 5.69 Å². The van der Waals surface area contributed by atoms with Gasteiger partial charge in [0.05, 0.1) is 10.3 Å². The van der Waals surface area contributed by atoms with Crippen molar-refractivity contribution in [1.82, 2.24) is 4.98 Å². The van der Waals surface area contributed by atoms with E-state index in [1.807, 2.05) is 0 Å². The molecule has 0 spiro atoms. The Morgan fingerprint density at radius 1 is 1.44 bits per heavy atom. The number of hydrogen-bond donors (Lipinski definition) is 0. The third-order valence-electron chi connectivity index (χ3n) is 2.12. The Kier molecular flexibility index (Phi) is 2.87. The Bertz CT molecular complexity index is 545. The van der Waals surface area contributed by atoms with E-state index in [1.165, 1.54) is 12.1 Å². The monoisotopic (exact) mass is 238 g/mol. The quantitative estimate of drug-likeness (QED) is 0.468. The van der Waals surface area contributed by atoms with E-state index in [-0.39, 0.29) is 11.8 Å². The first kappa shape index (κ1) is 10.6. The molecule has 82 valence electrons. The molecule has 1 aromatic carbocycles. The van der Waals surface area contributed by atoms with Crippen LogP contribution in [0.15, 0.2) is 30.5 Å². The Labute approximate surface area is 95.8 Å². The number of nitro groups is 1. The highest BCUT2D eigenvalue weighted by molar-refractivity contribution is 6.17. The van der Waals surface area contributed by atoms with Gasteiger partial charge in [-0.1, -0.05) is 11.6 Å². The molecule has 0 unspecified atom stereocenters. The molecule has 1 aromatic heterocycles. The predicted molar refractivity (Wildman–Crippen MR) is 59.7 cm³/mol. The van der Waals surface area contributed by atoms with Crippen molar-refractivity contribution in [2.75, 3.05) is 6.07 Å². The Balaban J connectivity index is 2.71. The van der Waals surface area contributed by atoms with Crippen LogP contribution >= 0.6 is 11.6 Å². The highest BCUT2D eigenvalue weighted by atomic mass is 35.5. The number of alkyl halides is 1. The minimum Gasteiger partial charge on any atom is -0.476 e. The molecule has 0 bridgehead atoms. The summed E-state index contributed by atoms with van der Waals surface area (Å²) in [5.74, 6) is 0.441. The molecule has 6 heteroatoms. The number of rotatable bonds is 3. The van der Waals surface area contributed by atoms with E-state index in [4.69, 9.17) is 16.3 Å². The lowest BCUT2D eigenvalue weighted by atomic mass is 10.1. The third kappa shape index (κ3) is 1.77. The van der Waals surface area contributed by atoms with Gasteiger partial charge in [-0.05, 0) is 18.2 Å². The zero-order chi connectivity index (χ0) is 11.5. The number of nitro benzene ring substituents is 1. The van der Waals surface area contributed by atoms with E-state index in [0.29, 0.717) is 16.7 Å². The Morgan fingerprint density at radius 2 is 2.25 bits per heavy atom. The van der Waals surface area contributed by atoms with Crippen LogP contribution < -0.4 is 4.74 Å². The second-order valence-corrected chi connectivity index (χ2v) is 3.21. The van der Waals surface area contributed by atoms with Gasteiger partial charge in [-0.2, -0.15) is 0 Å². The van der Waals surface area contributed by atoms with Crippen molar-refractivity contribution in [3.63, 3.8) is 0 Å². The molecule has 0 aliphatic rings. The summed E-state index contributed by atoms with van der Waals surface area (Å²) in [5, 5.41) is 11.2. The summed E-state index contributed by atoms with van der Waals surface area (Å²) in [4.78, 5) is 14.4. The van der Waals surface area contributed by atoms with Crippen LogP contribution in [-0.2, 0) is 0 Å². The molecule has 0 fully saturated rings. The van der Waals surface area contributed by atoms with E-state index in [2.05, 4.69) is 4.98 Å². The summed E-state index contributed by atoms with van der Waals surface area (Å²) in [5.41, 5.74) is 0.447. The predicted octanol–water partition coefficient (Wildman–Crippen LogP) is 2.72. The molecule has 2 rings (SSSR count). The Hall–Kier alpha value is -1.88. The smallest absolute Gasteiger partial charge is 0.279 e. The summed E-state index contributed by atoms with van der Waals surface area (Å²) in [6.45, 7) is 0. The van der Waals surface area contributed by atoms with Gasteiger partial charge < -0.3 is 4.74 Å². The molecule has 16 heavy (non-hydrogen) atoms. The van der Waals surface area contributed by atoms with Crippen molar-refractivity contribution < 1.29 is 9.66 Å². The second-order valence-electron chi connectivity index (χ2n) is 2.99. The highest BCUT2D eigenvalue weighted by Crippen LogP contribution is 2.31. The largest absolute Gasteiger partial charge is 0.476 e. The van der Waals surface area contributed by atoms with Crippen LogP contribution in [0.1, 0.15) is 0 Å². The number of fused-ring (bicyclic) bond motifs is 1. The minimum atomic E-state index is -0.450. The summed E-state index contributed by atoms with van der Waals surface area (Å²) in [6, 6.07) is 6.12. The normalized spacial score (nSPS) is 10.3. The lowest BCUT2D eigenvalue weighted by Crippen LogP contribution is -1.95. The standard InChI is InChI=1S/C10H7ClN2O3/c11-6-16-9-4-3-8(13(14)15)7-2-1-5-12-10(7)9/h1-5H,6H2. The number of halogens is 1. The fourth-order valence-electron chi connectivity index (χ4n) is 1.47. The number of benzene rings is 1. The van der Waals surface area contributed by atoms with Crippen LogP contribution in [0.4, 0.5) is 5.69 Å². The van der Waals surface area contributed by atoms with Crippen molar-refractivity contribution in [1.29, 1.82) is 0 Å². The van der Waals surface area contributed by atoms with Crippen molar-refractivity contribution in [3.8, 4) is 5.75 Å². The molecule has 0 atom stereocenters. The van der Waals surface area contributed by atoms with Gasteiger partial charge in [0.2, 0.25) is 0 Å². The number of non-ortho nitro benzene ring substituents is 1. The third-order valence-corrected chi connectivity index (χ3v) is 2.23. The minimum absolute atomic E-state index is 0.00465. The van der Waals surface area contributed by atoms with E-state index < -0.39 is 4.92 Å². The summed E-state index contributed by atoms with van der Waals surface area (Å²) in [6.07, 6.45) is 1.55. The van der Waals surface area contributed by atoms with Gasteiger partial charge in [-0.15, -0.1) is 0 Å². The summed E-state index contributed by atoms with van der Waals surface area (Å²) >= 11 is 5.45. The zero-order valence-corrected chi connectivity index (χ0v) is 8.85. The van der Waals surface area contributed by atoms with Crippen LogP contribution in [-0.4, -0.2) is 16.0 Å². The number of pyridine rings is 1. The molecular formula is C10H7ClN2O3. The molecule has 1 heterocycles. The number of aromatic nitrogens is 1. The van der Waals surface area contributed by atoms with Crippen LogP contribution in [0.25, 0.3) is 10.9 Å². The van der Waals surface area contributed by atoms with Gasteiger partial charge in [-0.3, -0.25) is 15.1 Å². The highest BCUT2D eigenvalue weighted by Gasteiger charge is 2.15. The van der Waals surface area contributed by atoms with E-state index in [1.54, 1.807) is 18.3 Å². The molecule has 0 N–H and O–H groups in total. The maximum atomic E-state index is 10.8. The zero-order valence-electron chi connectivity index (χ0n) is 8.09. The van der Waals surface area contributed by atoms with E-state index >= 15 is 0 Å². The summed E-state index contributed by atoms with van der Waals surface area (Å²) < 4.78 is 5.13.